The molecule has 0 aliphatic carbocycles. The number of halogens is 1. The van der Waals surface area contributed by atoms with Gasteiger partial charge in [-0.2, -0.15) is 5.26 Å². The average Bonchev–Trinajstić information content (AvgIpc) is 2.93. The topological polar surface area (TPSA) is 36.7 Å². The van der Waals surface area contributed by atoms with E-state index in [1.807, 2.05) is 54.6 Å². The Labute approximate surface area is 132 Å². The van der Waals surface area contributed by atoms with Crippen molar-refractivity contribution in [2.75, 3.05) is 0 Å². The summed E-state index contributed by atoms with van der Waals surface area (Å²) in [5.74, 6) is 0. The largest absolute Gasteiger partial charge is 0.236 e. The fourth-order valence-corrected chi connectivity index (χ4v) is 3.23. The second-order valence-corrected chi connectivity index (χ2v) is 6.02. The highest BCUT2D eigenvalue weighted by Gasteiger charge is 2.14. The molecular weight excluding hydrogens is 300 g/mol. The van der Waals surface area contributed by atoms with Gasteiger partial charge in [0.1, 0.15) is 5.01 Å². The zero-order chi connectivity index (χ0) is 14.7. The lowest BCUT2D eigenvalue weighted by Gasteiger charge is -1.99. The van der Waals surface area contributed by atoms with Crippen molar-refractivity contribution in [3.8, 4) is 27.9 Å². The zero-order valence-corrected chi connectivity index (χ0v) is 12.7. The van der Waals surface area contributed by atoms with Crippen molar-refractivity contribution in [3.05, 3.63) is 64.5 Å². The molecule has 0 saturated heterocycles. The van der Waals surface area contributed by atoms with Gasteiger partial charge in [0.05, 0.1) is 18.2 Å². The number of hydrogen-bond acceptors (Lipinski definition) is 3. The summed E-state index contributed by atoms with van der Waals surface area (Å²) >= 11 is 7.50. The second-order valence-electron chi connectivity index (χ2n) is 4.50. The van der Waals surface area contributed by atoms with Gasteiger partial charge in [-0.25, -0.2) is 4.98 Å². The van der Waals surface area contributed by atoms with Gasteiger partial charge in [-0.3, -0.25) is 0 Å². The molecule has 0 amide bonds. The summed E-state index contributed by atoms with van der Waals surface area (Å²) in [4.78, 5) is 5.71. The maximum absolute atomic E-state index is 9.02. The number of thiazole rings is 1. The van der Waals surface area contributed by atoms with Crippen molar-refractivity contribution in [2.45, 2.75) is 6.42 Å². The van der Waals surface area contributed by atoms with Gasteiger partial charge in [-0.05, 0) is 12.1 Å². The van der Waals surface area contributed by atoms with Crippen LogP contribution in [0.25, 0.3) is 21.8 Å². The van der Waals surface area contributed by atoms with Gasteiger partial charge in [0.15, 0.2) is 0 Å². The first kappa shape index (κ1) is 13.8. The monoisotopic (exact) mass is 310 g/mol. The molecule has 102 valence electrons. The maximum atomic E-state index is 9.02. The van der Waals surface area contributed by atoms with E-state index in [1.165, 1.54) is 0 Å². The molecule has 3 rings (SSSR count). The van der Waals surface area contributed by atoms with Crippen LogP contribution in [0.1, 0.15) is 4.88 Å². The first-order valence-corrected chi connectivity index (χ1v) is 7.65. The molecule has 0 fully saturated rings. The summed E-state index contributed by atoms with van der Waals surface area (Å²) in [7, 11) is 0. The minimum Gasteiger partial charge on any atom is -0.236 e. The van der Waals surface area contributed by atoms with Crippen molar-refractivity contribution in [3.63, 3.8) is 0 Å². The molecule has 0 spiro atoms. The molecule has 0 atom stereocenters. The van der Waals surface area contributed by atoms with Crippen LogP contribution in [0.5, 0.6) is 0 Å². The molecule has 4 heteroatoms. The number of nitriles is 1. The molecule has 0 radical (unpaired) electrons. The first-order chi connectivity index (χ1) is 10.3. The Bertz CT molecular complexity index is 786. The third-order valence-corrected chi connectivity index (χ3v) is 4.43. The number of benzene rings is 2. The summed E-state index contributed by atoms with van der Waals surface area (Å²) in [6.45, 7) is 0. The second kappa shape index (κ2) is 6.09. The number of nitrogens with zero attached hydrogens (tertiary/aromatic N) is 2. The molecule has 2 aromatic carbocycles. The maximum Gasteiger partial charge on any atom is 0.124 e. The van der Waals surface area contributed by atoms with Crippen LogP contribution in [-0.2, 0) is 6.42 Å². The molecule has 1 aromatic heterocycles. The highest BCUT2D eigenvalue weighted by atomic mass is 35.5. The zero-order valence-electron chi connectivity index (χ0n) is 11.1. The molecule has 0 saturated carbocycles. The molecular formula is C17H11ClN2S. The quantitative estimate of drug-likeness (QED) is 0.667. The average molecular weight is 311 g/mol. The molecule has 3 aromatic rings. The highest BCUT2D eigenvalue weighted by molar-refractivity contribution is 7.15. The molecule has 0 aliphatic heterocycles. The number of hydrogen-bond donors (Lipinski definition) is 0. The highest BCUT2D eigenvalue weighted by Crippen LogP contribution is 2.34. The summed E-state index contributed by atoms with van der Waals surface area (Å²) in [6, 6.07) is 19.8. The van der Waals surface area contributed by atoms with Crippen LogP contribution in [-0.4, -0.2) is 4.98 Å². The van der Waals surface area contributed by atoms with Gasteiger partial charge in [0.2, 0.25) is 0 Å². The van der Waals surface area contributed by atoms with E-state index in [9.17, 15) is 0 Å². The lowest BCUT2D eigenvalue weighted by Crippen LogP contribution is -1.84. The Kier molecular flexibility index (Phi) is 4.01. The van der Waals surface area contributed by atoms with E-state index in [0.717, 1.165) is 26.7 Å². The van der Waals surface area contributed by atoms with Gasteiger partial charge in [-0.15, -0.1) is 11.3 Å². The Morgan fingerprint density at radius 1 is 1.00 bits per heavy atom. The van der Waals surface area contributed by atoms with Crippen molar-refractivity contribution in [1.82, 2.24) is 4.98 Å². The van der Waals surface area contributed by atoms with E-state index in [0.29, 0.717) is 11.4 Å². The summed E-state index contributed by atoms with van der Waals surface area (Å²) < 4.78 is 0. The third kappa shape index (κ3) is 2.97. The van der Waals surface area contributed by atoms with Crippen molar-refractivity contribution in [2.24, 2.45) is 0 Å². The Hall–Kier alpha value is -2.15. The smallest absolute Gasteiger partial charge is 0.124 e. The predicted molar refractivity (Wildman–Crippen MR) is 87.3 cm³/mol. The lowest BCUT2D eigenvalue weighted by atomic mass is 10.1. The first-order valence-electron chi connectivity index (χ1n) is 6.46. The van der Waals surface area contributed by atoms with E-state index in [-0.39, 0.29) is 0 Å². The fraction of sp³-hybridized carbons (Fsp3) is 0.0588. The van der Waals surface area contributed by atoms with Gasteiger partial charge in [-0.1, -0.05) is 54.1 Å². The van der Waals surface area contributed by atoms with Crippen LogP contribution in [0.3, 0.4) is 0 Å². The standard InChI is InChI=1S/C17H11ClN2S/c18-14-8-6-12(7-9-14)16-15(10-11-19)21-17(20-16)13-4-2-1-3-5-13/h1-9H,10H2. The van der Waals surface area contributed by atoms with Crippen LogP contribution >= 0.6 is 22.9 Å². The lowest BCUT2D eigenvalue weighted by molar-refractivity contribution is 1.28. The molecule has 0 bridgehead atoms. The normalized spacial score (nSPS) is 10.3. The minimum atomic E-state index is 0.364. The third-order valence-electron chi connectivity index (χ3n) is 3.08. The summed E-state index contributed by atoms with van der Waals surface area (Å²) in [6.07, 6.45) is 0.364. The number of rotatable bonds is 3. The Morgan fingerprint density at radius 2 is 1.71 bits per heavy atom. The van der Waals surface area contributed by atoms with Gasteiger partial charge < -0.3 is 0 Å². The minimum absolute atomic E-state index is 0.364. The van der Waals surface area contributed by atoms with Crippen molar-refractivity contribution in [1.29, 1.82) is 5.26 Å². The molecule has 1 heterocycles. The molecule has 0 aliphatic rings. The van der Waals surface area contributed by atoms with E-state index in [2.05, 4.69) is 6.07 Å². The number of aromatic nitrogens is 1. The van der Waals surface area contributed by atoms with Gasteiger partial charge >= 0.3 is 0 Å². The van der Waals surface area contributed by atoms with E-state index >= 15 is 0 Å². The Morgan fingerprint density at radius 3 is 2.38 bits per heavy atom. The van der Waals surface area contributed by atoms with Crippen LogP contribution in [0.2, 0.25) is 5.02 Å². The van der Waals surface area contributed by atoms with Crippen LogP contribution in [0, 0.1) is 11.3 Å². The summed E-state index contributed by atoms with van der Waals surface area (Å²) in [5, 5.41) is 10.7. The Balaban J connectivity index is 2.09. The van der Waals surface area contributed by atoms with Crippen molar-refractivity contribution < 1.29 is 0 Å². The predicted octanol–water partition coefficient (Wildman–Crippen LogP) is 5.20. The summed E-state index contributed by atoms with van der Waals surface area (Å²) in [5.41, 5.74) is 2.93. The van der Waals surface area contributed by atoms with Crippen LogP contribution < -0.4 is 0 Å². The van der Waals surface area contributed by atoms with Crippen LogP contribution in [0.15, 0.2) is 54.6 Å². The SMILES string of the molecule is N#CCc1sc(-c2ccccc2)nc1-c1ccc(Cl)cc1. The fourth-order valence-electron chi connectivity index (χ4n) is 2.08. The van der Waals surface area contributed by atoms with Crippen molar-refractivity contribution >= 4 is 22.9 Å². The van der Waals surface area contributed by atoms with Gasteiger partial charge in [0.25, 0.3) is 0 Å². The van der Waals surface area contributed by atoms with E-state index < -0.39 is 0 Å². The van der Waals surface area contributed by atoms with E-state index in [4.69, 9.17) is 21.8 Å². The van der Waals surface area contributed by atoms with E-state index in [1.54, 1.807) is 11.3 Å². The van der Waals surface area contributed by atoms with Crippen LogP contribution in [0.4, 0.5) is 0 Å². The molecule has 2 nitrogen and oxygen atoms in total. The molecule has 0 N–H and O–H groups in total. The molecule has 21 heavy (non-hydrogen) atoms. The molecule has 0 unspecified atom stereocenters. The van der Waals surface area contributed by atoms with Gasteiger partial charge in [0, 0.05) is 21.0 Å².